The van der Waals surface area contributed by atoms with Gasteiger partial charge in [0.25, 0.3) is 8.32 Å². The normalized spacial score (nSPS) is 21.9. The fraction of sp³-hybridized carbons (Fsp3) is 0.500. The molecule has 0 unspecified atom stereocenters. The quantitative estimate of drug-likeness (QED) is 0.421. The van der Waals surface area contributed by atoms with Gasteiger partial charge in [-0.2, -0.15) is 0 Å². The number of rotatable bonds is 9. The molecule has 5 nitrogen and oxygen atoms in total. The second-order valence-corrected chi connectivity index (χ2v) is 14.0. The van der Waals surface area contributed by atoms with E-state index in [0.717, 1.165) is 6.29 Å². The molecule has 2 aromatic carbocycles. The Kier molecular flexibility index (Phi) is 7.73. The van der Waals surface area contributed by atoms with Crippen LogP contribution in [-0.4, -0.2) is 46.0 Å². The zero-order valence-electron chi connectivity index (χ0n) is 20.0. The molecule has 0 bridgehead atoms. The van der Waals surface area contributed by atoms with Gasteiger partial charge in [-0.25, -0.2) is 0 Å². The Morgan fingerprint density at radius 1 is 1.00 bits per heavy atom. The molecule has 1 saturated heterocycles. The number of methoxy groups -OCH3 is 1. The maximum Gasteiger partial charge on any atom is 0.264 e. The largest absolute Gasteiger partial charge is 0.380 e. The lowest BCUT2D eigenvalue weighted by molar-refractivity contribution is -0.172. The predicted octanol–water partition coefficient (Wildman–Crippen LogP) is 4.03. The van der Waals surface area contributed by atoms with Crippen LogP contribution in [0.5, 0.6) is 0 Å². The number of carbonyl (C=O) groups is 1. The van der Waals surface area contributed by atoms with Crippen LogP contribution in [0.2, 0.25) is 5.04 Å². The second kappa shape index (κ2) is 9.97. The van der Waals surface area contributed by atoms with Gasteiger partial charge in [0.05, 0.1) is 6.10 Å². The van der Waals surface area contributed by atoms with E-state index in [1.165, 1.54) is 10.4 Å². The highest BCUT2D eigenvalue weighted by molar-refractivity contribution is 6.99. The van der Waals surface area contributed by atoms with E-state index >= 15 is 0 Å². The van der Waals surface area contributed by atoms with E-state index in [-0.39, 0.29) is 11.1 Å². The van der Waals surface area contributed by atoms with Gasteiger partial charge >= 0.3 is 0 Å². The summed E-state index contributed by atoms with van der Waals surface area (Å²) >= 11 is 0. The Hall–Kier alpha value is -1.83. The minimum atomic E-state index is -2.84. The fourth-order valence-electron chi connectivity index (χ4n) is 4.61. The molecule has 0 aromatic heterocycles. The predicted molar refractivity (Wildman–Crippen MR) is 129 cm³/mol. The van der Waals surface area contributed by atoms with Gasteiger partial charge in [-0.05, 0) is 35.7 Å². The first-order valence-corrected chi connectivity index (χ1v) is 13.2. The summed E-state index contributed by atoms with van der Waals surface area (Å²) in [5.41, 5.74) is 0. The van der Waals surface area contributed by atoms with Crippen LogP contribution >= 0.6 is 0 Å². The van der Waals surface area contributed by atoms with E-state index in [2.05, 4.69) is 69.3 Å². The second-order valence-electron chi connectivity index (χ2n) is 9.77. The Morgan fingerprint density at radius 2 is 1.53 bits per heavy atom. The Labute approximate surface area is 193 Å². The maximum absolute atomic E-state index is 11.0. The summed E-state index contributed by atoms with van der Waals surface area (Å²) in [4.78, 5) is 11.0. The molecule has 3 atom stereocenters. The molecule has 2 aromatic rings. The average molecular weight is 457 g/mol. The highest BCUT2D eigenvalue weighted by atomic mass is 28.4. The van der Waals surface area contributed by atoms with Gasteiger partial charge < -0.3 is 23.4 Å². The van der Waals surface area contributed by atoms with Crippen molar-refractivity contribution in [3.8, 4) is 0 Å². The minimum absolute atomic E-state index is 0.193. The Balaban J connectivity index is 2.12. The molecule has 0 N–H and O–H groups in total. The third-order valence-electron chi connectivity index (χ3n) is 6.04. The van der Waals surface area contributed by atoms with Crippen LogP contribution in [0.4, 0.5) is 0 Å². The number of hydrogen-bond acceptors (Lipinski definition) is 5. The van der Waals surface area contributed by atoms with Gasteiger partial charge in [0, 0.05) is 13.5 Å². The number of carbonyl (C=O) groups excluding carboxylic acids is 1. The monoisotopic (exact) mass is 456 g/mol. The van der Waals surface area contributed by atoms with E-state index in [4.69, 9.17) is 18.6 Å². The first-order chi connectivity index (χ1) is 15.1. The minimum Gasteiger partial charge on any atom is -0.380 e. The van der Waals surface area contributed by atoms with Crippen molar-refractivity contribution in [2.45, 2.75) is 76.8 Å². The van der Waals surface area contributed by atoms with Crippen LogP contribution in [0.1, 0.15) is 47.5 Å². The average Bonchev–Trinajstić information content (AvgIpc) is 3.07. The van der Waals surface area contributed by atoms with E-state index in [9.17, 15) is 4.79 Å². The van der Waals surface area contributed by atoms with Gasteiger partial charge in [0.15, 0.2) is 12.1 Å². The summed E-state index contributed by atoms with van der Waals surface area (Å²) in [7, 11) is -1.20. The lowest BCUT2D eigenvalue weighted by atomic mass is 10.1. The summed E-state index contributed by atoms with van der Waals surface area (Å²) < 4.78 is 25.5. The molecule has 0 radical (unpaired) electrons. The van der Waals surface area contributed by atoms with Gasteiger partial charge in [0.1, 0.15) is 12.4 Å². The standard InChI is InChI=1S/C26H36O5Si/c1-25(2,3)32(20-14-9-7-10-15-20,21-16-11-8-12-17-21)31-24-23(29-26(4,5)30-24)22(28-6)18-13-19-27/h7-12,14-17,19,22-24H,13,18H2,1-6H3/t22-,23-,24-/m0/s1. The van der Waals surface area contributed by atoms with Crippen LogP contribution in [0.3, 0.4) is 0 Å². The summed E-state index contributed by atoms with van der Waals surface area (Å²) in [6.07, 6.45) is 0.454. The van der Waals surface area contributed by atoms with Crippen LogP contribution in [0, 0.1) is 0 Å². The van der Waals surface area contributed by atoms with Crippen molar-refractivity contribution >= 4 is 25.0 Å². The molecule has 1 heterocycles. The lowest BCUT2D eigenvalue weighted by Gasteiger charge is -2.45. The molecule has 0 spiro atoms. The zero-order valence-corrected chi connectivity index (χ0v) is 21.0. The fourth-order valence-corrected chi connectivity index (χ4v) is 9.16. The highest BCUT2D eigenvalue weighted by Crippen LogP contribution is 2.41. The van der Waals surface area contributed by atoms with Crippen LogP contribution in [-0.2, 0) is 23.4 Å². The number of aldehydes is 1. The number of ether oxygens (including phenoxy) is 3. The maximum atomic E-state index is 11.0. The first kappa shape index (κ1) is 24.8. The summed E-state index contributed by atoms with van der Waals surface area (Å²) in [6, 6.07) is 20.9. The van der Waals surface area contributed by atoms with E-state index < -0.39 is 26.5 Å². The van der Waals surface area contributed by atoms with E-state index in [1.54, 1.807) is 7.11 Å². The van der Waals surface area contributed by atoms with Crippen molar-refractivity contribution < 1.29 is 23.4 Å². The van der Waals surface area contributed by atoms with Crippen LogP contribution in [0.15, 0.2) is 60.7 Å². The number of hydrogen-bond donors (Lipinski definition) is 0. The summed E-state index contributed by atoms with van der Waals surface area (Å²) in [5.74, 6) is -0.821. The van der Waals surface area contributed by atoms with Gasteiger partial charge in [-0.15, -0.1) is 0 Å². The van der Waals surface area contributed by atoms with E-state index in [0.29, 0.717) is 12.8 Å². The van der Waals surface area contributed by atoms with Crippen molar-refractivity contribution in [1.82, 2.24) is 0 Å². The molecule has 6 heteroatoms. The van der Waals surface area contributed by atoms with Crippen molar-refractivity contribution in [3.63, 3.8) is 0 Å². The summed E-state index contributed by atoms with van der Waals surface area (Å²) in [5, 5.41) is 2.15. The lowest BCUT2D eigenvalue weighted by Crippen LogP contribution is -2.68. The molecule has 1 aliphatic heterocycles. The van der Waals surface area contributed by atoms with Gasteiger partial charge in [-0.1, -0.05) is 81.4 Å². The molecule has 0 saturated carbocycles. The molecule has 0 amide bonds. The Bertz CT molecular complexity index is 823. The molecule has 1 fully saturated rings. The topological polar surface area (TPSA) is 54.0 Å². The van der Waals surface area contributed by atoms with Crippen molar-refractivity contribution in [1.29, 1.82) is 0 Å². The smallest absolute Gasteiger partial charge is 0.264 e. The number of benzene rings is 2. The molecular formula is C26H36O5Si. The Morgan fingerprint density at radius 3 is 1.97 bits per heavy atom. The third-order valence-corrected chi connectivity index (χ3v) is 11.0. The van der Waals surface area contributed by atoms with E-state index in [1.807, 2.05) is 26.0 Å². The molecule has 32 heavy (non-hydrogen) atoms. The molecule has 3 rings (SSSR count). The molecule has 0 aliphatic carbocycles. The van der Waals surface area contributed by atoms with Crippen molar-refractivity contribution in [2.24, 2.45) is 0 Å². The first-order valence-electron chi connectivity index (χ1n) is 11.3. The van der Waals surface area contributed by atoms with Crippen LogP contribution in [0.25, 0.3) is 0 Å². The molecular weight excluding hydrogens is 420 g/mol. The summed E-state index contributed by atoms with van der Waals surface area (Å²) in [6.45, 7) is 10.5. The third kappa shape index (κ3) is 5.05. The van der Waals surface area contributed by atoms with Gasteiger partial charge in [0.2, 0.25) is 0 Å². The highest BCUT2D eigenvalue weighted by Gasteiger charge is 2.56. The SMILES string of the molecule is CO[C@@H](CCC=O)[C@@H]1OC(C)(C)O[C@H]1O[Si](c1ccccc1)(c1ccccc1)C(C)(C)C. The zero-order chi connectivity index (χ0) is 23.4. The van der Waals surface area contributed by atoms with Crippen LogP contribution < -0.4 is 10.4 Å². The van der Waals surface area contributed by atoms with Crippen molar-refractivity contribution in [3.05, 3.63) is 60.7 Å². The van der Waals surface area contributed by atoms with Crippen molar-refractivity contribution in [2.75, 3.05) is 7.11 Å². The molecule has 1 aliphatic rings. The van der Waals surface area contributed by atoms with Gasteiger partial charge in [-0.3, -0.25) is 0 Å². The molecule has 174 valence electrons.